The molecule has 1 saturated heterocycles. The lowest BCUT2D eigenvalue weighted by molar-refractivity contribution is 0.0470. The van der Waals surface area contributed by atoms with Gasteiger partial charge in [0.2, 0.25) is 0 Å². The van der Waals surface area contributed by atoms with Crippen molar-refractivity contribution in [1.29, 1.82) is 0 Å². The average molecular weight is 294 g/mol. The fraction of sp³-hybridized carbons (Fsp3) is 0.400. The highest BCUT2D eigenvalue weighted by atomic mass is 15.3. The van der Waals surface area contributed by atoms with E-state index in [4.69, 9.17) is 0 Å². The molecule has 0 bridgehead atoms. The highest BCUT2D eigenvalue weighted by Crippen LogP contribution is 2.19. The highest BCUT2D eigenvalue weighted by molar-refractivity contribution is 5.17. The number of benzene rings is 2. The average Bonchev–Trinajstić information content (AvgIpc) is 2.54. The van der Waals surface area contributed by atoms with Crippen LogP contribution in [0, 0.1) is 0 Å². The smallest absolute Gasteiger partial charge is 0.0261 e. The van der Waals surface area contributed by atoms with Gasteiger partial charge in [-0.1, -0.05) is 60.7 Å². The first-order chi connectivity index (χ1) is 10.7. The van der Waals surface area contributed by atoms with Crippen molar-refractivity contribution in [3.63, 3.8) is 0 Å². The summed E-state index contributed by atoms with van der Waals surface area (Å²) in [5.41, 5.74) is 2.85. The summed E-state index contributed by atoms with van der Waals surface area (Å²) < 4.78 is 0. The van der Waals surface area contributed by atoms with Crippen LogP contribution in [0.3, 0.4) is 0 Å². The van der Waals surface area contributed by atoms with Crippen molar-refractivity contribution >= 4 is 0 Å². The van der Waals surface area contributed by atoms with Crippen molar-refractivity contribution in [2.24, 2.45) is 0 Å². The van der Waals surface area contributed by atoms with Crippen molar-refractivity contribution in [2.75, 3.05) is 20.1 Å². The number of nitrogens with zero attached hydrogens (tertiary/aromatic N) is 2. The molecule has 3 rings (SSSR count). The molecular formula is C20H26N2. The topological polar surface area (TPSA) is 6.48 Å². The zero-order valence-electron chi connectivity index (χ0n) is 13.7. The summed E-state index contributed by atoms with van der Waals surface area (Å²) >= 11 is 0. The Labute approximate surface area is 134 Å². The first-order valence-electron chi connectivity index (χ1n) is 8.24. The van der Waals surface area contributed by atoms with Gasteiger partial charge >= 0.3 is 0 Å². The van der Waals surface area contributed by atoms with Gasteiger partial charge < -0.3 is 4.90 Å². The molecular weight excluding hydrogens is 268 g/mol. The zero-order valence-corrected chi connectivity index (χ0v) is 13.7. The lowest BCUT2D eigenvalue weighted by Crippen LogP contribution is -2.56. The van der Waals surface area contributed by atoms with Gasteiger partial charge in [-0.25, -0.2) is 0 Å². The molecule has 2 aromatic rings. The van der Waals surface area contributed by atoms with E-state index >= 15 is 0 Å². The third kappa shape index (κ3) is 3.76. The molecule has 0 N–H and O–H groups in total. The van der Waals surface area contributed by atoms with Crippen molar-refractivity contribution in [2.45, 2.75) is 32.0 Å². The largest absolute Gasteiger partial charge is 0.300 e. The van der Waals surface area contributed by atoms with Gasteiger partial charge in [-0.2, -0.15) is 0 Å². The molecule has 22 heavy (non-hydrogen) atoms. The Morgan fingerprint density at radius 1 is 0.864 bits per heavy atom. The van der Waals surface area contributed by atoms with Crippen LogP contribution in [0.15, 0.2) is 60.7 Å². The number of hydrogen-bond donors (Lipinski definition) is 0. The Morgan fingerprint density at radius 3 is 2.09 bits per heavy atom. The van der Waals surface area contributed by atoms with Crippen LogP contribution < -0.4 is 0 Å². The highest BCUT2D eigenvalue weighted by Gasteiger charge is 2.29. The fourth-order valence-corrected chi connectivity index (χ4v) is 3.42. The maximum Gasteiger partial charge on any atom is 0.0261 e. The standard InChI is InChI=1S/C20H26N2/c1-17-14-21(2)20(13-18-9-5-3-6-10-18)16-22(17)15-19-11-7-4-8-12-19/h3-12,17,20H,13-16H2,1-2H3/t17-,20-/m1/s1. The van der Waals surface area contributed by atoms with E-state index in [1.807, 2.05) is 0 Å². The molecule has 0 radical (unpaired) electrons. The predicted octanol–water partition coefficient (Wildman–Crippen LogP) is 3.43. The van der Waals surface area contributed by atoms with Crippen LogP contribution in [0.5, 0.6) is 0 Å². The third-order valence-corrected chi connectivity index (χ3v) is 4.79. The Bertz CT molecular complexity index is 515. The molecule has 1 aliphatic rings. The Morgan fingerprint density at radius 2 is 1.45 bits per heavy atom. The van der Waals surface area contributed by atoms with Crippen LogP contribution in [-0.2, 0) is 13.0 Å². The van der Waals surface area contributed by atoms with Gasteiger partial charge in [0.25, 0.3) is 0 Å². The molecule has 0 aliphatic carbocycles. The summed E-state index contributed by atoms with van der Waals surface area (Å²) in [6.45, 7) is 5.69. The summed E-state index contributed by atoms with van der Waals surface area (Å²) in [6, 6.07) is 22.9. The SMILES string of the molecule is C[C@@H]1CN(C)[C@H](Cc2ccccc2)CN1Cc1ccccc1. The molecule has 0 aromatic heterocycles. The molecule has 1 heterocycles. The Kier molecular flexibility index (Phi) is 4.91. The van der Waals surface area contributed by atoms with Crippen LogP contribution in [0.1, 0.15) is 18.1 Å². The molecule has 0 saturated carbocycles. The van der Waals surface area contributed by atoms with Crippen LogP contribution in [0.4, 0.5) is 0 Å². The number of piperazine rings is 1. The Balaban J connectivity index is 1.67. The summed E-state index contributed by atoms with van der Waals surface area (Å²) in [5, 5.41) is 0. The van der Waals surface area contributed by atoms with E-state index in [1.54, 1.807) is 0 Å². The summed E-state index contributed by atoms with van der Waals surface area (Å²) in [7, 11) is 2.27. The van der Waals surface area contributed by atoms with E-state index < -0.39 is 0 Å². The van der Waals surface area contributed by atoms with Gasteiger partial charge in [-0.15, -0.1) is 0 Å². The third-order valence-electron chi connectivity index (χ3n) is 4.79. The fourth-order valence-electron chi connectivity index (χ4n) is 3.42. The minimum Gasteiger partial charge on any atom is -0.300 e. The summed E-state index contributed by atoms with van der Waals surface area (Å²) in [5.74, 6) is 0. The van der Waals surface area contributed by atoms with Gasteiger partial charge in [0.15, 0.2) is 0 Å². The van der Waals surface area contributed by atoms with E-state index in [9.17, 15) is 0 Å². The minimum atomic E-state index is 0.599. The number of rotatable bonds is 4. The van der Waals surface area contributed by atoms with E-state index in [-0.39, 0.29) is 0 Å². The summed E-state index contributed by atoms with van der Waals surface area (Å²) in [6.07, 6.45) is 1.13. The van der Waals surface area contributed by atoms with E-state index in [2.05, 4.69) is 84.4 Å². The minimum absolute atomic E-state index is 0.599. The van der Waals surface area contributed by atoms with Crippen LogP contribution in [0.25, 0.3) is 0 Å². The number of likely N-dealkylation sites (N-methyl/N-ethyl adjacent to an activating group) is 1. The monoisotopic (exact) mass is 294 g/mol. The second-order valence-electron chi connectivity index (χ2n) is 6.55. The van der Waals surface area contributed by atoms with Gasteiger partial charge in [-0.3, -0.25) is 4.90 Å². The molecule has 2 atom stereocenters. The maximum absolute atomic E-state index is 2.63. The zero-order chi connectivity index (χ0) is 15.4. The predicted molar refractivity (Wildman–Crippen MR) is 92.9 cm³/mol. The second kappa shape index (κ2) is 7.08. The lowest BCUT2D eigenvalue weighted by Gasteiger charge is -2.44. The lowest BCUT2D eigenvalue weighted by atomic mass is 10.00. The molecule has 116 valence electrons. The molecule has 1 fully saturated rings. The molecule has 2 heteroatoms. The van der Waals surface area contributed by atoms with Crippen molar-refractivity contribution in [3.05, 3.63) is 71.8 Å². The normalized spacial score (nSPS) is 23.5. The van der Waals surface area contributed by atoms with Gasteiger partial charge in [-0.05, 0) is 31.5 Å². The van der Waals surface area contributed by atoms with E-state index in [0.717, 1.165) is 26.1 Å². The quantitative estimate of drug-likeness (QED) is 0.852. The summed E-state index contributed by atoms with van der Waals surface area (Å²) in [4.78, 5) is 5.15. The second-order valence-corrected chi connectivity index (χ2v) is 6.55. The van der Waals surface area contributed by atoms with Gasteiger partial charge in [0, 0.05) is 31.7 Å². The first-order valence-corrected chi connectivity index (χ1v) is 8.24. The Hall–Kier alpha value is -1.64. The molecule has 0 unspecified atom stereocenters. The van der Waals surface area contributed by atoms with E-state index in [1.165, 1.54) is 11.1 Å². The molecule has 2 aromatic carbocycles. The first kappa shape index (κ1) is 15.3. The van der Waals surface area contributed by atoms with Gasteiger partial charge in [0.05, 0.1) is 0 Å². The van der Waals surface area contributed by atoms with Crippen molar-refractivity contribution in [3.8, 4) is 0 Å². The molecule has 1 aliphatic heterocycles. The van der Waals surface area contributed by atoms with Crippen LogP contribution >= 0.6 is 0 Å². The van der Waals surface area contributed by atoms with Crippen LogP contribution in [0.2, 0.25) is 0 Å². The molecule has 0 spiro atoms. The van der Waals surface area contributed by atoms with Crippen LogP contribution in [-0.4, -0.2) is 42.0 Å². The molecule has 0 amide bonds. The molecule has 2 nitrogen and oxygen atoms in total. The number of hydrogen-bond acceptors (Lipinski definition) is 2. The van der Waals surface area contributed by atoms with E-state index in [0.29, 0.717) is 12.1 Å². The van der Waals surface area contributed by atoms with Crippen molar-refractivity contribution < 1.29 is 0 Å². The maximum atomic E-state index is 2.63. The van der Waals surface area contributed by atoms with Gasteiger partial charge in [0.1, 0.15) is 0 Å². The van der Waals surface area contributed by atoms with Crippen molar-refractivity contribution in [1.82, 2.24) is 9.80 Å².